The molecule has 2 atom stereocenters. The van der Waals surface area contributed by atoms with Gasteiger partial charge in [-0.2, -0.15) is 0 Å². The minimum atomic E-state index is -2.27. The SMILES string of the molecule is COCCCCN(Cc1ccc(Cl)cc1Cl)C1CCNCC1.O=C(O)[C@H](O)[C@@H](O)C(=O)O. The van der Waals surface area contributed by atoms with Crippen LogP contribution in [0.4, 0.5) is 0 Å². The Bertz CT molecular complexity index is 699. The Morgan fingerprint density at radius 3 is 2.22 bits per heavy atom. The van der Waals surface area contributed by atoms with Crippen LogP contribution < -0.4 is 5.32 Å². The molecule has 1 fully saturated rings. The number of unbranched alkanes of at least 4 members (excludes halogenated alkanes) is 1. The molecule has 1 heterocycles. The van der Waals surface area contributed by atoms with Crippen LogP contribution in [0.5, 0.6) is 0 Å². The highest BCUT2D eigenvalue weighted by Gasteiger charge is 2.29. The van der Waals surface area contributed by atoms with Crippen molar-refractivity contribution >= 4 is 35.1 Å². The number of rotatable bonds is 11. The molecule has 1 saturated heterocycles. The normalized spacial score (nSPS) is 16.2. The second-order valence-electron chi connectivity index (χ2n) is 7.45. The molecule has 0 bridgehead atoms. The number of piperidine rings is 1. The molecule has 0 saturated carbocycles. The highest BCUT2D eigenvalue weighted by atomic mass is 35.5. The van der Waals surface area contributed by atoms with Crippen LogP contribution in [0.1, 0.15) is 31.2 Å². The van der Waals surface area contributed by atoms with Crippen LogP contribution in [0.2, 0.25) is 10.0 Å². The van der Waals surface area contributed by atoms with Gasteiger partial charge in [0.25, 0.3) is 0 Å². The van der Waals surface area contributed by atoms with Crippen molar-refractivity contribution in [3.63, 3.8) is 0 Å². The molecule has 0 aromatic heterocycles. The van der Waals surface area contributed by atoms with Crippen molar-refractivity contribution in [2.45, 2.75) is 50.5 Å². The summed E-state index contributed by atoms with van der Waals surface area (Å²) in [6.45, 7) is 5.03. The third-order valence-electron chi connectivity index (χ3n) is 5.06. The minimum Gasteiger partial charge on any atom is -0.479 e. The standard InChI is InChI=1S/C17H26Cl2N2O.C4H6O6/c1-22-11-3-2-10-21(16-6-8-20-9-7-16)13-14-4-5-15(18)12-17(14)19;5-1(3(7)8)2(6)4(9)10/h4-5,12,16,20H,2-3,6-11,13H2,1H3;1-2,5-6H,(H,7,8)(H,9,10)/t;1-,2-/m.1/s1. The van der Waals surface area contributed by atoms with Gasteiger partial charge < -0.3 is 30.5 Å². The number of carboxylic acids is 2. The van der Waals surface area contributed by atoms with E-state index in [4.69, 9.17) is 48.4 Å². The van der Waals surface area contributed by atoms with Gasteiger partial charge in [0, 0.05) is 36.3 Å². The number of hydrogen-bond acceptors (Lipinski definition) is 7. The van der Waals surface area contributed by atoms with Gasteiger partial charge in [-0.15, -0.1) is 0 Å². The van der Waals surface area contributed by atoms with Gasteiger partial charge >= 0.3 is 11.9 Å². The maximum absolute atomic E-state index is 9.77. The van der Waals surface area contributed by atoms with E-state index in [0.717, 1.165) is 56.2 Å². The molecule has 1 aliphatic heterocycles. The molecule has 0 unspecified atom stereocenters. The summed E-state index contributed by atoms with van der Waals surface area (Å²) in [4.78, 5) is 22.1. The molecule has 0 aliphatic carbocycles. The largest absolute Gasteiger partial charge is 0.479 e. The van der Waals surface area contributed by atoms with Gasteiger partial charge in [-0.25, -0.2) is 9.59 Å². The van der Waals surface area contributed by atoms with Crippen molar-refractivity contribution in [3.05, 3.63) is 33.8 Å². The number of benzene rings is 1. The molecule has 182 valence electrons. The zero-order valence-corrected chi connectivity index (χ0v) is 19.6. The maximum atomic E-state index is 9.77. The molecule has 0 amide bonds. The van der Waals surface area contributed by atoms with Crippen LogP contribution in [-0.2, 0) is 20.9 Å². The Kier molecular flexibility index (Phi) is 13.7. The first-order chi connectivity index (χ1) is 15.2. The van der Waals surface area contributed by atoms with Crippen LogP contribution in [0.15, 0.2) is 18.2 Å². The van der Waals surface area contributed by atoms with Crippen molar-refractivity contribution in [2.24, 2.45) is 0 Å². The average molecular weight is 495 g/mol. The first-order valence-electron chi connectivity index (χ1n) is 10.4. The van der Waals surface area contributed by atoms with Gasteiger partial charge in [-0.05, 0) is 63.0 Å². The predicted molar refractivity (Wildman–Crippen MR) is 121 cm³/mol. The summed E-state index contributed by atoms with van der Waals surface area (Å²) >= 11 is 12.4. The van der Waals surface area contributed by atoms with Gasteiger partial charge in [-0.1, -0.05) is 29.3 Å². The van der Waals surface area contributed by atoms with Crippen molar-refractivity contribution in [3.8, 4) is 0 Å². The number of aliphatic carboxylic acids is 2. The summed E-state index contributed by atoms with van der Waals surface area (Å²) in [6.07, 6.45) is 0.135. The Labute approximate surface area is 197 Å². The first-order valence-corrected chi connectivity index (χ1v) is 11.1. The number of aliphatic hydroxyl groups excluding tert-OH is 2. The number of methoxy groups -OCH3 is 1. The highest BCUT2D eigenvalue weighted by molar-refractivity contribution is 6.35. The van der Waals surface area contributed by atoms with Crippen molar-refractivity contribution in [1.82, 2.24) is 10.2 Å². The van der Waals surface area contributed by atoms with Crippen molar-refractivity contribution < 1.29 is 34.8 Å². The Morgan fingerprint density at radius 1 is 1.12 bits per heavy atom. The van der Waals surface area contributed by atoms with Crippen LogP contribution in [0.25, 0.3) is 0 Å². The van der Waals surface area contributed by atoms with Crippen LogP contribution in [-0.4, -0.2) is 88.9 Å². The van der Waals surface area contributed by atoms with Crippen LogP contribution in [0, 0.1) is 0 Å². The Morgan fingerprint density at radius 2 is 1.72 bits per heavy atom. The molecule has 11 heteroatoms. The summed E-state index contributed by atoms with van der Waals surface area (Å²) in [5.74, 6) is -3.54. The van der Waals surface area contributed by atoms with E-state index < -0.39 is 24.1 Å². The molecule has 1 aliphatic rings. The van der Waals surface area contributed by atoms with Crippen LogP contribution >= 0.6 is 23.2 Å². The van der Waals surface area contributed by atoms with E-state index in [1.807, 2.05) is 18.2 Å². The number of nitrogens with one attached hydrogen (secondary N) is 1. The average Bonchev–Trinajstić information content (AvgIpc) is 2.77. The lowest BCUT2D eigenvalue weighted by Crippen LogP contribution is -2.43. The molecule has 1 aromatic carbocycles. The van der Waals surface area contributed by atoms with Gasteiger partial charge in [0.15, 0.2) is 12.2 Å². The maximum Gasteiger partial charge on any atom is 0.335 e. The van der Waals surface area contributed by atoms with Crippen molar-refractivity contribution in [1.29, 1.82) is 0 Å². The molecular weight excluding hydrogens is 463 g/mol. The van der Waals surface area contributed by atoms with Gasteiger partial charge in [0.2, 0.25) is 0 Å². The zero-order chi connectivity index (χ0) is 24.1. The summed E-state index contributed by atoms with van der Waals surface area (Å²) in [7, 11) is 1.76. The smallest absolute Gasteiger partial charge is 0.335 e. The van der Waals surface area contributed by atoms with Gasteiger partial charge in [0.05, 0.1) is 0 Å². The molecule has 0 spiro atoms. The lowest BCUT2D eigenvalue weighted by Gasteiger charge is -2.35. The molecule has 9 nitrogen and oxygen atoms in total. The van der Waals surface area contributed by atoms with Gasteiger partial charge in [-0.3, -0.25) is 4.90 Å². The Hall–Kier alpha value is -1.46. The summed E-state index contributed by atoms with van der Waals surface area (Å²) in [6, 6.07) is 6.45. The number of ether oxygens (including phenoxy) is 1. The topological polar surface area (TPSA) is 140 Å². The summed E-state index contributed by atoms with van der Waals surface area (Å²) in [5.41, 5.74) is 1.16. The fraction of sp³-hybridized carbons (Fsp3) is 0.619. The van der Waals surface area contributed by atoms with Crippen molar-refractivity contribution in [2.75, 3.05) is 33.4 Å². The molecule has 32 heavy (non-hydrogen) atoms. The number of halogens is 2. The number of carboxylic acid groups (broad SMARTS) is 2. The molecule has 2 rings (SSSR count). The van der Waals surface area contributed by atoms with E-state index in [1.54, 1.807) is 7.11 Å². The van der Waals surface area contributed by atoms with E-state index in [1.165, 1.54) is 12.8 Å². The van der Waals surface area contributed by atoms with E-state index in [9.17, 15) is 9.59 Å². The van der Waals surface area contributed by atoms with E-state index >= 15 is 0 Å². The number of aliphatic hydroxyl groups is 2. The third kappa shape index (κ3) is 10.4. The molecular formula is C21H32Cl2N2O7. The highest BCUT2D eigenvalue weighted by Crippen LogP contribution is 2.24. The summed E-state index contributed by atoms with van der Waals surface area (Å²) < 4.78 is 5.16. The minimum absolute atomic E-state index is 0.635. The van der Waals surface area contributed by atoms with Gasteiger partial charge in [0.1, 0.15) is 0 Å². The number of nitrogens with zero attached hydrogens (tertiary/aromatic N) is 1. The second kappa shape index (κ2) is 15.4. The first kappa shape index (κ1) is 28.6. The zero-order valence-electron chi connectivity index (χ0n) is 18.0. The lowest BCUT2D eigenvalue weighted by molar-refractivity contribution is -0.165. The van der Waals surface area contributed by atoms with E-state index in [2.05, 4.69) is 10.2 Å². The van der Waals surface area contributed by atoms with E-state index in [0.29, 0.717) is 11.1 Å². The second-order valence-corrected chi connectivity index (χ2v) is 8.30. The molecule has 5 N–H and O–H groups in total. The third-order valence-corrected chi connectivity index (χ3v) is 5.65. The number of hydrogen-bond donors (Lipinski definition) is 5. The van der Waals surface area contributed by atoms with Crippen LogP contribution in [0.3, 0.4) is 0 Å². The predicted octanol–water partition coefficient (Wildman–Crippen LogP) is 1.85. The lowest BCUT2D eigenvalue weighted by atomic mass is 10.0. The molecule has 0 radical (unpaired) electrons. The fourth-order valence-corrected chi connectivity index (χ4v) is 3.73. The quantitative estimate of drug-likeness (QED) is 0.291. The monoisotopic (exact) mass is 494 g/mol. The Balaban J connectivity index is 0.000000433. The number of carbonyl (C=O) groups is 2. The summed E-state index contributed by atoms with van der Waals surface area (Å²) in [5, 5.41) is 37.4. The fourth-order valence-electron chi connectivity index (χ4n) is 3.26. The van der Waals surface area contributed by atoms with E-state index in [-0.39, 0.29) is 0 Å². The molecule has 1 aromatic rings.